The van der Waals surface area contributed by atoms with Crippen LogP contribution in [-0.2, 0) is 0 Å². The van der Waals surface area contributed by atoms with Crippen LogP contribution in [0.4, 0.5) is 0 Å². The molecular weight excluding hydrogens is 629 g/mol. The molecule has 0 fully saturated rings. The average molecular weight is 661 g/mol. The van der Waals surface area contributed by atoms with Gasteiger partial charge < -0.3 is 0 Å². The SMILES string of the molecule is c1ccc(-c2nc(-c3ccc4cc(-c5cc6ccccc6c6ccccc56)ccc4c3)cc(-c3cccc4c(-c5ccccc5)cccc34)n2)cc1. The lowest BCUT2D eigenvalue weighted by Crippen LogP contribution is -1.96. The number of nitrogens with zero attached hydrogens (tertiary/aromatic N) is 2. The zero-order valence-corrected chi connectivity index (χ0v) is 28.4. The third kappa shape index (κ3) is 5.21. The van der Waals surface area contributed by atoms with Crippen molar-refractivity contribution in [2.45, 2.75) is 0 Å². The van der Waals surface area contributed by atoms with Crippen LogP contribution in [0.5, 0.6) is 0 Å². The van der Waals surface area contributed by atoms with Crippen molar-refractivity contribution >= 4 is 43.1 Å². The van der Waals surface area contributed by atoms with Crippen LogP contribution < -0.4 is 0 Å². The van der Waals surface area contributed by atoms with E-state index in [1.165, 1.54) is 65.3 Å². The van der Waals surface area contributed by atoms with Gasteiger partial charge in [-0.15, -0.1) is 0 Å². The molecule has 0 saturated heterocycles. The molecule has 0 saturated carbocycles. The lowest BCUT2D eigenvalue weighted by Gasteiger charge is -2.14. The minimum absolute atomic E-state index is 0.711. The molecule has 2 nitrogen and oxygen atoms in total. The predicted octanol–water partition coefficient (Wildman–Crippen LogP) is 13.4. The fraction of sp³-hybridized carbons (Fsp3) is 0. The first kappa shape index (κ1) is 30.0. The van der Waals surface area contributed by atoms with Gasteiger partial charge in [-0.25, -0.2) is 9.97 Å². The van der Waals surface area contributed by atoms with Crippen molar-refractivity contribution < 1.29 is 0 Å². The Morgan fingerprint density at radius 2 is 0.788 bits per heavy atom. The second-order valence-electron chi connectivity index (χ2n) is 13.4. The maximum atomic E-state index is 5.19. The monoisotopic (exact) mass is 660 g/mol. The van der Waals surface area contributed by atoms with Crippen LogP contribution in [0.2, 0.25) is 0 Å². The molecule has 10 aromatic rings. The van der Waals surface area contributed by atoms with Gasteiger partial charge in [0.05, 0.1) is 11.4 Å². The largest absolute Gasteiger partial charge is 0.228 e. The molecule has 10 rings (SSSR count). The molecule has 0 amide bonds. The minimum atomic E-state index is 0.711. The third-order valence-corrected chi connectivity index (χ3v) is 10.3. The zero-order valence-electron chi connectivity index (χ0n) is 28.4. The molecule has 242 valence electrons. The maximum Gasteiger partial charge on any atom is 0.160 e. The molecular formula is C50H32N2. The van der Waals surface area contributed by atoms with Crippen molar-refractivity contribution in [1.29, 1.82) is 0 Å². The van der Waals surface area contributed by atoms with Gasteiger partial charge in [0.25, 0.3) is 0 Å². The fourth-order valence-electron chi connectivity index (χ4n) is 7.72. The number of aromatic nitrogens is 2. The second-order valence-corrected chi connectivity index (χ2v) is 13.4. The molecule has 0 aliphatic carbocycles. The quantitative estimate of drug-likeness (QED) is 0.172. The first-order valence-corrected chi connectivity index (χ1v) is 17.7. The van der Waals surface area contributed by atoms with Gasteiger partial charge in [-0.3, -0.25) is 0 Å². The number of fused-ring (bicyclic) bond motifs is 5. The highest BCUT2D eigenvalue weighted by molar-refractivity contribution is 6.14. The zero-order chi connectivity index (χ0) is 34.4. The number of rotatable bonds is 5. The van der Waals surface area contributed by atoms with Crippen LogP contribution in [0.1, 0.15) is 0 Å². The van der Waals surface area contributed by atoms with Gasteiger partial charge in [0.15, 0.2) is 5.82 Å². The summed E-state index contributed by atoms with van der Waals surface area (Å²) in [6.45, 7) is 0. The third-order valence-electron chi connectivity index (χ3n) is 10.3. The molecule has 0 radical (unpaired) electrons. The van der Waals surface area contributed by atoms with Gasteiger partial charge in [-0.05, 0) is 89.6 Å². The summed E-state index contributed by atoms with van der Waals surface area (Å²) < 4.78 is 0. The van der Waals surface area contributed by atoms with Crippen LogP contribution in [0, 0.1) is 0 Å². The molecule has 0 N–H and O–H groups in total. The van der Waals surface area contributed by atoms with Crippen molar-refractivity contribution in [3.05, 3.63) is 194 Å². The summed E-state index contributed by atoms with van der Waals surface area (Å²) in [7, 11) is 0. The van der Waals surface area contributed by atoms with Crippen molar-refractivity contribution in [3.8, 4) is 56.2 Å². The van der Waals surface area contributed by atoms with E-state index in [-0.39, 0.29) is 0 Å². The van der Waals surface area contributed by atoms with E-state index in [9.17, 15) is 0 Å². The molecule has 0 spiro atoms. The Kier molecular flexibility index (Phi) is 7.18. The van der Waals surface area contributed by atoms with Gasteiger partial charge in [0.1, 0.15) is 0 Å². The van der Waals surface area contributed by atoms with E-state index >= 15 is 0 Å². The molecule has 0 aliphatic heterocycles. The highest BCUT2D eigenvalue weighted by Crippen LogP contribution is 2.38. The van der Waals surface area contributed by atoms with Crippen LogP contribution in [0.15, 0.2) is 194 Å². The van der Waals surface area contributed by atoms with E-state index in [0.717, 1.165) is 28.1 Å². The molecule has 0 aliphatic rings. The van der Waals surface area contributed by atoms with E-state index in [1.54, 1.807) is 0 Å². The van der Waals surface area contributed by atoms with E-state index < -0.39 is 0 Å². The topological polar surface area (TPSA) is 25.8 Å². The fourth-order valence-corrected chi connectivity index (χ4v) is 7.72. The van der Waals surface area contributed by atoms with Crippen molar-refractivity contribution in [1.82, 2.24) is 9.97 Å². The lowest BCUT2D eigenvalue weighted by atomic mass is 9.92. The first-order valence-electron chi connectivity index (χ1n) is 17.7. The summed E-state index contributed by atoms with van der Waals surface area (Å²) >= 11 is 0. The van der Waals surface area contributed by atoms with Crippen LogP contribution in [0.3, 0.4) is 0 Å². The van der Waals surface area contributed by atoms with Gasteiger partial charge in [0.2, 0.25) is 0 Å². The summed E-state index contributed by atoms with van der Waals surface area (Å²) in [5.41, 5.74) is 9.80. The van der Waals surface area contributed by atoms with Gasteiger partial charge in [-0.2, -0.15) is 0 Å². The van der Waals surface area contributed by atoms with Gasteiger partial charge >= 0.3 is 0 Å². The van der Waals surface area contributed by atoms with Crippen LogP contribution in [0.25, 0.3) is 99.2 Å². The number of hydrogen-bond donors (Lipinski definition) is 0. The standard InChI is InChI=1S/C50H32N2/c1-3-13-33(14-4-1)40-21-11-23-44-43(40)22-12-24-46(44)49-32-48(51-50(52-49)34-15-5-2-6-16-34)39-28-26-35-29-38(27-25-36(35)30-39)47-31-37-17-7-8-18-41(37)42-19-9-10-20-45(42)47/h1-32H. The average Bonchev–Trinajstić information content (AvgIpc) is 3.23. The Morgan fingerprint density at radius 1 is 0.250 bits per heavy atom. The van der Waals surface area contributed by atoms with E-state index in [0.29, 0.717) is 5.82 Å². The van der Waals surface area contributed by atoms with Crippen LogP contribution >= 0.6 is 0 Å². The van der Waals surface area contributed by atoms with Crippen molar-refractivity contribution in [3.63, 3.8) is 0 Å². The highest BCUT2D eigenvalue weighted by Gasteiger charge is 2.15. The maximum absolute atomic E-state index is 5.19. The Bertz CT molecular complexity index is 2950. The molecule has 1 heterocycles. The smallest absolute Gasteiger partial charge is 0.160 e. The molecule has 0 unspecified atom stereocenters. The molecule has 1 aromatic heterocycles. The predicted molar refractivity (Wildman–Crippen MR) is 219 cm³/mol. The van der Waals surface area contributed by atoms with E-state index in [1.807, 2.05) is 18.2 Å². The van der Waals surface area contributed by atoms with E-state index in [4.69, 9.17) is 9.97 Å². The minimum Gasteiger partial charge on any atom is -0.228 e. The molecule has 0 bridgehead atoms. The Morgan fingerprint density at radius 3 is 1.56 bits per heavy atom. The first-order chi connectivity index (χ1) is 25.8. The molecule has 9 aromatic carbocycles. The van der Waals surface area contributed by atoms with E-state index in [2.05, 4.69) is 176 Å². The highest BCUT2D eigenvalue weighted by atomic mass is 14.9. The van der Waals surface area contributed by atoms with Crippen molar-refractivity contribution in [2.75, 3.05) is 0 Å². The summed E-state index contributed by atoms with van der Waals surface area (Å²) in [6, 6.07) is 69.3. The Balaban J connectivity index is 1.11. The van der Waals surface area contributed by atoms with Gasteiger partial charge in [-0.1, -0.05) is 170 Å². The Hall–Kier alpha value is -6.90. The Labute approximate surface area is 302 Å². The second kappa shape index (κ2) is 12.5. The van der Waals surface area contributed by atoms with Crippen molar-refractivity contribution in [2.24, 2.45) is 0 Å². The number of benzene rings is 9. The lowest BCUT2D eigenvalue weighted by molar-refractivity contribution is 1.19. The molecule has 2 heteroatoms. The normalized spacial score (nSPS) is 11.5. The summed E-state index contributed by atoms with van der Waals surface area (Å²) in [5, 5.41) is 9.82. The summed E-state index contributed by atoms with van der Waals surface area (Å²) in [5.74, 6) is 0.711. The molecule has 0 atom stereocenters. The van der Waals surface area contributed by atoms with Crippen LogP contribution in [-0.4, -0.2) is 9.97 Å². The molecule has 52 heavy (non-hydrogen) atoms. The summed E-state index contributed by atoms with van der Waals surface area (Å²) in [6.07, 6.45) is 0. The van der Waals surface area contributed by atoms with Gasteiger partial charge in [0, 0.05) is 16.7 Å². The summed E-state index contributed by atoms with van der Waals surface area (Å²) in [4.78, 5) is 10.4. The number of hydrogen-bond acceptors (Lipinski definition) is 2.